The number of halogens is 3. The number of rotatable bonds is 3. The third kappa shape index (κ3) is 3.24. The molecule has 0 aliphatic rings. The van der Waals surface area contributed by atoms with Crippen LogP contribution < -0.4 is 5.32 Å². The maximum Gasteiger partial charge on any atom is 0.0722 e. The molecule has 1 aromatic heterocycles. The maximum absolute atomic E-state index is 6.15. The average molecular weight is 338 g/mol. The zero-order chi connectivity index (χ0) is 14.8. The van der Waals surface area contributed by atoms with E-state index >= 15 is 0 Å². The van der Waals surface area contributed by atoms with Gasteiger partial charge >= 0.3 is 0 Å². The van der Waals surface area contributed by atoms with Gasteiger partial charge in [0.25, 0.3) is 0 Å². The Morgan fingerprint density at radius 3 is 2.48 bits per heavy atom. The van der Waals surface area contributed by atoms with Gasteiger partial charge in [-0.05, 0) is 35.9 Å². The topological polar surface area (TPSA) is 24.9 Å². The normalized spacial score (nSPS) is 10.8. The van der Waals surface area contributed by atoms with Crippen LogP contribution in [0, 0.1) is 0 Å². The van der Waals surface area contributed by atoms with Gasteiger partial charge in [0.15, 0.2) is 0 Å². The van der Waals surface area contributed by atoms with Crippen molar-refractivity contribution in [1.29, 1.82) is 0 Å². The zero-order valence-corrected chi connectivity index (χ0v) is 13.2. The average Bonchev–Trinajstić information content (AvgIpc) is 2.46. The Morgan fingerprint density at radius 1 is 0.952 bits per heavy atom. The van der Waals surface area contributed by atoms with Crippen LogP contribution in [-0.4, -0.2) is 4.98 Å². The highest BCUT2D eigenvalue weighted by molar-refractivity contribution is 6.41. The molecular weight excluding hydrogens is 327 g/mol. The van der Waals surface area contributed by atoms with E-state index in [9.17, 15) is 0 Å². The van der Waals surface area contributed by atoms with Crippen molar-refractivity contribution in [2.75, 3.05) is 5.32 Å². The van der Waals surface area contributed by atoms with E-state index in [1.807, 2.05) is 24.3 Å². The molecule has 0 fully saturated rings. The van der Waals surface area contributed by atoms with Crippen LogP contribution in [0.1, 0.15) is 5.56 Å². The Bertz CT molecular complexity index is 779. The van der Waals surface area contributed by atoms with E-state index < -0.39 is 0 Å². The summed E-state index contributed by atoms with van der Waals surface area (Å²) < 4.78 is 0. The molecule has 0 bridgehead atoms. The van der Waals surface area contributed by atoms with Crippen LogP contribution in [0.2, 0.25) is 15.1 Å². The molecule has 0 radical (unpaired) electrons. The lowest BCUT2D eigenvalue weighted by Crippen LogP contribution is -2.00. The number of anilines is 1. The van der Waals surface area contributed by atoms with Gasteiger partial charge in [0, 0.05) is 23.2 Å². The van der Waals surface area contributed by atoms with E-state index in [1.165, 1.54) is 0 Å². The van der Waals surface area contributed by atoms with Crippen LogP contribution >= 0.6 is 34.8 Å². The SMILES string of the molecule is Clc1cc(Cl)c(NCc2ccc3ncccc3c2)c(Cl)c1. The van der Waals surface area contributed by atoms with Gasteiger partial charge in [-0.25, -0.2) is 0 Å². The summed E-state index contributed by atoms with van der Waals surface area (Å²) in [4.78, 5) is 4.30. The first-order valence-corrected chi connectivity index (χ1v) is 7.49. The Kier molecular flexibility index (Phi) is 4.20. The lowest BCUT2D eigenvalue weighted by atomic mass is 10.1. The van der Waals surface area contributed by atoms with Crippen LogP contribution in [0.3, 0.4) is 0 Å². The number of fused-ring (bicyclic) bond motifs is 1. The van der Waals surface area contributed by atoms with Gasteiger partial charge < -0.3 is 5.32 Å². The van der Waals surface area contributed by atoms with E-state index in [0.717, 1.165) is 16.5 Å². The summed E-state index contributed by atoms with van der Waals surface area (Å²) in [6.45, 7) is 0.617. The first kappa shape index (κ1) is 14.5. The number of hydrogen-bond acceptors (Lipinski definition) is 2. The Labute approximate surface area is 137 Å². The summed E-state index contributed by atoms with van der Waals surface area (Å²) in [6.07, 6.45) is 1.79. The second-order valence-electron chi connectivity index (χ2n) is 4.63. The van der Waals surface area contributed by atoms with Crippen molar-refractivity contribution >= 4 is 51.4 Å². The highest BCUT2D eigenvalue weighted by Crippen LogP contribution is 2.34. The highest BCUT2D eigenvalue weighted by atomic mass is 35.5. The summed E-state index contributed by atoms with van der Waals surface area (Å²) in [6, 6.07) is 13.4. The van der Waals surface area contributed by atoms with Gasteiger partial charge in [0.05, 0.1) is 21.2 Å². The van der Waals surface area contributed by atoms with Gasteiger partial charge in [0.2, 0.25) is 0 Å². The van der Waals surface area contributed by atoms with Gasteiger partial charge in [0.1, 0.15) is 0 Å². The molecule has 0 aliphatic heterocycles. The molecule has 21 heavy (non-hydrogen) atoms. The molecular formula is C16H11Cl3N2. The van der Waals surface area contributed by atoms with Gasteiger partial charge in [-0.1, -0.05) is 46.9 Å². The predicted molar refractivity (Wildman–Crippen MR) is 90.5 cm³/mol. The van der Waals surface area contributed by atoms with E-state index in [4.69, 9.17) is 34.8 Å². The number of nitrogens with one attached hydrogen (secondary N) is 1. The van der Waals surface area contributed by atoms with E-state index in [1.54, 1.807) is 18.3 Å². The molecule has 106 valence electrons. The molecule has 0 unspecified atom stereocenters. The van der Waals surface area contributed by atoms with Crippen LogP contribution in [0.5, 0.6) is 0 Å². The predicted octanol–water partition coefficient (Wildman–Crippen LogP) is 5.81. The third-order valence-corrected chi connectivity index (χ3v) is 3.96. The standard InChI is InChI=1S/C16H11Cl3N2/c17-12-7-13(18)16(14(19)8-12)21-9-10-3-4-15-11(6-10)2-1-5-20-15/h1-8,21H,9H2. The Balaban J connectivity index is 1.83. The molecule has 3 rings (SSSR count). The molecule has 0 spiro atoms. The number of aromatic nitrogens is 1. The Morgan fingerprint density at radius 2 is 1.71 bits per heavy atom. The number of hydrogen-bond donors (Lipinski definition) is 1. The van der Waals surface area contributed by atoms with Gasteiger partial charge in [-0.2, -0.15) is 0 Å². The molecule has 2 nitrogen and oxygen atoms in total. The van der Waals surface area contributed by atoms with Crippen molar-refractivity contribution in [3.63, 3.8) is 0 Å². The summed E-state index contributed by atoms with van der Waals surface area (Å²) in [7, 11) is 0. The fraction of sp³-hybridized carbons (Fsp3) is 0.0625. The first-order chi connectivity index (χ1) is 10.1. The van der Waals surface area contributed by atoms with Crippen molar-refractivity contribution in [2.45, 2.75) is 6.54 Å². The molecule has 1 N–H and O–H groups in total. The second kappa shape index (κ2) is 6.10. The molecule has 0 saturated carbocycles. The number of pyridine rings is 1. The van der Waals surface area contributed by atoms with E-state index in [2.05, 4.69) is 16.4 Å². The third-order valence-electron chi connectivity index (χ3n) is 3.14. The number of nitrogens with zero attached hydrogens (tertiary/aromatic N) is 1. The smallest absolute Gasteiger partial charge is 0.0722 e. The Hall–Kier alpha value is -1.48. The summed E-state index contributed by atoms with van der Waals surface area (Å²) in [5.41, 5.74) is 2.79. The molecule has 0 saturated heterocycles. The van der Waals surface area contributed by atoms with Crippen molar-refractivity contribution in [2.24, 2.45) is 0 Å². The highest BCUT2D eigenvalue weighted by Gasteiger charge is 2.07. The number of benzene rings is 2. The van der Waals surface area contributed by atoms with Crippen LogP contribution in [0.4, 0.5) is 5.69 Å². The molecule has 1 heterocycles. The molecule has 0 amide bonds. The largest absolute Gasteiger partial charge is 0.379 e. The lowest BCUT2D eigenvalue weighted by molar-refractivity contribution is 1.15. The fourth-order valence-corrected chi connectivity index (χ4v) is 3.09. The molecule has 0 aliphatic carbocycles. The molecule has 3 aromatic rings. The molecule has 2 aromatic carbocycles. The molecule has 0 atom stereocenters. The van der Waals surface area contributed by atoms with Gasteiger partial charge in [-0.15, -0.1) is 0 Å². The van der Waals surface area contributed by atoms with E-state index in [-0.39, 0.29) is 0 Å². The summed E-state index contributed by atoms with van der Waals surface area (Å²) >= 11 is 18.2. The van der Waals surface area contributed by atoms with Crippen LogP contribution in [0.15, 0.2) is 48.7 Å². The zero-order valence-electron chi connectivity index (χ0n) is 10.9. The minimum atomic E-state index is 0.509. The summed E-state index contributed by atoms with van der Waals surface area (Å²) in [5.74, 6) is 0. The first-order valence-electron chi connectivity index (χ1n) is 6.35. The monoisotopic (exact) mass is 336 g/mol. The molecule has 5 heteroatoms. The maximum atomic E-state index is 6.15. The minimum absolute atomic E-state index is 0.509. The van der Waals surface area contributed by atoms with E-state index in [0.29, 0.717) is 27.3 Å². The van der Waals surface area contributed by atoms with Crippen molar-refractivity contribution in [3.05, 3.63) is 69.3 Å². The second-order valence-corrected chi connectivity index (χ2v) is 5.88. The minimum Gasteiger partial charge on any atom is -0.379 e. The fourth-order valence-electron chi connectivity index (χ4n) is 2.14. The van der Waals surface area contributed by atoms with Crippen LogP contribution in [0.25, 0.3) is 10.9 Å². The van der Waals surface area contributed by atoms with Crippen molar-refractivity contribution < 1.29 is 0 Å². The quantitative estimate of drug-likeness (QED) is 0.652. The van der Waals surface area contributed by atoms with Gasteiger partial charge in [-0.3, -0.25) is 4.98 Å². The van der Waals surface area contributed by atoms with Crippen molar-refractivity contribution in [3.8, 4) is 0 Å². The van der Waals surface area contributed by atoms with Crippen LogP contribution in [-0.2, 0) is 6.54 Å². The summed E-state index contributed by atoms with van der Waals surface area (Å²) in [5, 5.41) is 5.89. The van der Waals surface area contributed by atoms with Crippen molar-refractivity contribution in [1.82, 2.24) is 4.98 Å². The lowest BCUT2D eigenvalue weighted by Gasteiger charge is -2.11.